The summed E-state index contributed by atoms with van der Waals surface area (Å²) in [6.45, 7) is 2.04. The maximum Gasteiger partial charge on any atom is 0.306 e. The Bertz CT molecular complexity index is 505. The van der Waals surface area contributed by atoms with Crippen molar-refractivity contribution in [1.29, 1.82) is 0 Å². The quantitative estimate of drug-likeness (QED) is 0.731. The molecule has 1 N–H and O–H groups in total. The highest BCUT2D eigenvalue weighted by Gasteiger charge is 2.12. The molecule has 1 aromatic rings. The van der Waals surface area contributed by atoms with Gasteiger partial charge in [-0.1, -0.05) is 0 Å². The number of hydrogen-bond donors (Lipinski definition) is 1. The highest BCUT2D eigenvalue weighted by atomic mass is 79.9. The molecule has 0 aliphatic carbocycles. The van der Waals surface area contributed by atoms with Crippen LogP contribution in [0, 0.1) is 0 Å². The maximum absolute atomic E-state index is 11.8. The summed E-state index contributed by atoms with van der Waals surface area (Å²) < 4.78 is 11.4. The van der Waals surface area contributed by atoms with Gasteiger partial charge in [-0.25, -0.2) is 0 Å². The molecule has 0 aliphatic heterocycles. The van der Waals surface area contributed by atoms with Gasteiger partial charge in [-0.3, -0.25) is 9.59 Å². The molecule has 7 heteroatoms. The minimum Gasteiger partial charge on any atom is -0.495 e. The molecule has 1 rings (SSSR count). The molecule has 0 saturated heterocycles. The van der Waals surface area contributed by atoms with Gasteiger partial charge in [-0.15, -0.1) is 0 Å². The Morgan fingerprint density at radius 1 is 1.20 bits per heavy atom. The highest BCUT2D eigenvalue weighted by molar-refractivity contribution is 9.11. The smallest absolute Gasteiger partial charge is 0.306 e. The second kappa shape index (κ2) is 8.26. The second-order valence-electron chi connectivity index (χ2n) is 3.82. The van der Waals surface area contributed by atoms with E-state index in [1.807, 2.05) is 0 Å². The third-order valence-corrected chi connectivity index (χ3v) is 3.65. The average Bonchev–Trinajstić information content (AvgIpc) is 2.40. The number of nitrogens with one attached hydrogen (secondary N) is 1. The number of ether oxygens (including phenoxy) is 2. The Kier molecular flexibility index (Phi) is 7.01. The van der Waals surface area contributed by atoms with Gasteiger partial charge in [-0.2, -0.15) is 0 Å². The number of rotatable bonds is 6. The molecule has 0 atom stereocenters. The standard InChI is InChI=1S/C13H15Br2NO4/c1-3-20-13(18)5-4-12(17)16-10-7-11(19-2)9(15)6-8(10)14/h6-7H,3-5H2,1-2H3,(H,16,17). The lowest BCUT2D eigenvalue weighted by molar-refractivity contribution is -0.144. The normalized spacial score (nSPS) is 10.0. The van der Waals surface area contributed by atoms with Gasteiger partial charge in [0.1, 0.15) is 5.75 Å². The Morgan fingerprint density at radius 2 is 1.90 bits per heavy atom. The van der Waals surface area contributed by atoms with Crippen molar-refractivity contribution < 1.29 is 19.1 Å². The Labute approximate surface area is 134 Å². The average molecular weight is 409 g/mol. The van der Waals surface area contributed by atoms with Crippen molar-refractivity contribution in [2.45, 2.75) is 19.8 Å². The monoisotopic (exact) mass is 407 g/mol. The third-order valence-electron chi connectivity index (χ3n) is 2.38. The van der Waals surface area contributed by atoms with E-state index in [0.29, 0.717) is 18.0 Å². The van der Waals surface area contributed by atoms with Gasteiger partial charge in [-0.05, 0) is 44.8 Å². The number of esters is 1. The SMILES string of the molecule is CCOC(=O)CCC(=O)Nc1cc(OC)c(Br)cc1Br. The molecule has 0 fully saturated rings. The molecule has 0 bridgehead atoms. The summed E-state index contributed by atoms with van der Waals surface area (Å²) in [6, 6.07) is 3.47. The maximum atomic E-state index is 11.8. The van der Waals surface area contributed by atoms with E-state index in [4.69, 9.17) is 9.47 Å². The molecule has 0 unspecified atom stereocenters. The largest absolute Gasteiger partial charge is 0.495 e. The Morgan fingerprint density at radius 3 is 2.50 bits per heavy atom. The van der Waals surface area contributed by atoms with E-state index in [0.717, 1.165) is 8.95 Å². The first-order chi connectivity index (χ1) is 9.47. The van der Waals surface area contributed by atoms with Crippen LogP contribution in [-0.4, -0.2) is 25.6 Å². The molecular formula is C13H15Br2NO4. The van der Waals surface area contributed by atoms with Gasteiger partial charge in [0.05, 0.1) is 30.3 Å². The van der Waals surface area contributed by atoms with Gasteiger partial charge in [0, 0.05) is 17.0 Å². The zero-order chi connectivity index (χ0) is 15.1. The lowest BCUT2D eigenvalue weighted by atomic mass is 10.2. The minimum atomic E-state index is -0.380. The molecule has 0 radical (unpaired) electrons. The van der Waals surface area contributed by atoms with Crippen LogP contribution in [-0.2, 0) is 14.3 Å². The number of anilines is 1. The van der Waals surface area contributed by atoms with Crippen LogP contribution in [0.4, 0.5) is 5.69 Å². The van der Waals surface area contributed by atoms with Crippen molar-refractivity contribution in [2.24, 2.45) is 0 Å². The summed E-state index contributed by atoms with van der Waals surface area (Å²) in [4.78, 5) is 22.9. The van der Waals surface area contributed by atoms with E-state index in [1.54, 1.807) is 26.2 Å². The van der Waals surface area contributed by atoms with Crippen molar-refractivity contribution in [3.63, 3.8) is 0 Å². The van der Waals surface area contributed by atoms with Gasteiger partial charge in [0.15, 0.2) is 0 Å². The first-order valence-electron chi connectivity index (χ1n) is 5.96. The van der Waals surface area contributed by atoms with Crippen LogP contribution >= 0.6 is 31.9 Å². The van der Waals surface area contributed by atoms with Crippen molar-refractivity contribution in [3.05, 3.63) is 21.1 Å². The number of benzene rings is 1. The predicted octanol–water partition coefficient (Wildman–Crippen LogP) is 3.50. The van der Waals surface area contributed by atoms with Gasteiger partial charge < -0.3 is 14.8 Å². The van der Waals surface area contributed by atoms with Crippen LogP contribution in [0.15, 0.2) is 21.1 Å². The molecular weight excluding hydrogens is 394 g/mol. The molecule has 1 amide bonds. The van der Waals surface area contributed by atoms with Crippen LogP contribution in [0.3, 0.4) is 0 Å². The molecule has 0 aromatic heterocycles. The van der Waals surface area contributed by atoms with Crippen LogP contribution in [0.25, 0.3) is 0 Å². The van der Waals surface area contributed by atoms with E-state index in [-0.39, 0.29) is 24.7 Å². The van der Waals surface area contributed by atoms with Gasteiger partial charge in [0.25, 0.3) is 0 Å². The lowest BCUT2D eigenvalue weighted by Gasteiger charge is -2.11. The van der Waals surface area contributed by atoms with Crippen LogP contribution in [0.1, 0.15) is 19.8 Å². The van der Waals surface area contributed by atoms with Crippen LogP contribution < -0.4 is 10.1 Å². The zero-order valence-electron chi connectivity index (χ0n) is 11.2. The van der Waals surface area contributed by atoms with E-state index in [2.05, 4.69) is 37.2 Å². The summed E-state index contributed by atoms with van der Waals surface area (Å²) in [5.74, 6) is -0.0351. The minimum absolute atomic E-state index is 0.0605. The number of amides is 1. The fraction of sp³-hybridized carbons (Fsp3) is 0.385. The van der Waals surface area contributed by atoms with Crippen molar-refractivity contribution in [2.75, 3.05) is 19.0 Å². The molecule has 1 aromatic carbocycles. The highest BCUT2D eigenvalue weighted by Crippen LogP contribution is 2.34. The third kappa shape index (κ3) is 5.13. The van der Waals surface area contributed by atoms with Crippen LogP contribution in [0.5, 0.6) is 5.75 Å². The summed E-state index contributed by atoms with van der Waals surface area (Å²) in [6.07, 6.45) is 0.134. The number of carbonyl (C=O) groups excluding carboxylic acids is 2. The number of hydrogen-bond acceptors (Lipinski definition) is 4. The molecule has 0 saturated carbocycles. The zero-order valence-corrected chi connectivity index (χ0v) is 14.3. The Balaban J connectivity index is 2.64. The number of halogens is 2. The first-order valence-corrected chi connectivity index (χ1v) is 7.55. The summed E-state index contributed by atoms with van der Waals surface area (Å²) >= 11 is 6.70. The number of methoxy groups -OCH3 is 1. The van der Waals surface area contributed by atoms with Gasteiger partial charge >= 0.3 is 5.97 Å². The van der Waals surface area contributed by atoms with E-state index < -0.39 is 0 Å². The van der Waals surface area contributed by atoms with Crippen molar-refractivity contribution >= 4 is 49.4 Å². The van der Waals surface area contributed by atoms with Gasteiger partial charge in [0.2, 0.25) is 5.91 Å². The Hall–Kier alpha value is -1.08. The fourth-order valence-electron chi connectivity index (χ4n) is 1.44. The van der Waals surface area contributed by atoms with E-state index in [1.165, 1.54) is 0 Å². The molecule has 110 valence electrons. The number of carbonyl (C=O) groups is 2. The summed E-state index contributed by atoms with van der Waals surface area (Å²) in [5, 5.41) is 2.72. The molecule has 5 nitrogen and oxygen atoms in total. The summed E-state index contributed by atoms with van der Waals surface area (Å²) in [5.41, 5.74) is 0.582. The van der Waals surface area contributed by atoms with Crippen molar-refractivity contribution in [1.82, 2.24) is 0 Å². The van der Waals surface area contributed by atoms with E-state index >= 15 is 0 Å². The molecule has 0 heterocycles. The van der Waals surface area contributed by atoms with Crippen molar-refractivity contribution in [3.8, 4) is 5.75 Å². The lowest BCUT2D eigenvalue weighted by Crippen LogP contribution is -2.15. The topological polar surface area (TPSA) is 64.6 Å². The first kappa shape index (κ1) is 17.0. The summed E-state index contributed by atoms with van der Waals surface area (Å²) in [7, 11) is 1.54. The second-order valence-corrected chi connectivity index (χ2v) is 5.53. The predicted molar refractivity (Wildman–Crippen MR) is 82.9 cm³/mol. The molecule has 20 heavy (non-hydrogen) atoms. The molecule has 0 spiro atoms. The molecule has 0 aliphatic rings. The fourth-order valence-corrected chi connectivity index (χ4v) is 2.70. The van der Waals surface area contributed by atoms with Crippen LogP contribution in [0.2, 0.25) is 0 Å². The van der Waals surface area contributed by atoms with E-state index in [9.17, 15) is 9.59 Å².